The highest BCUT2D eigenvalue weighted by atomic mass is 35.5. The molecule has 0 aliphatic rings. The number of rotatable bonds is 5. The van der Waals surface area contributed by atoms with Crippen LogP contribution in [0.1, 0.15) is 17.2 Å². The van der Waals surface area contributed by atoms with Gasteiger partial charge in [-0.2, -0.15) is 0 Å². The molecule has 2 aromatic rings. The van der Waals surface area contributed by atoms with Crippen molar-refractivity contribution in [3.8, 4) is 5.75 Å². The van der Waals surface area contributed by atoms with Gasteiger partial charge in [0.2, 0.25) is 0 Å². The van der Waals surface area contributed by atoms with E-state index in [1.165, 1.54) is 12.1 Å². The molecule has 0 spiro atoms. The Labute approximate surface area is 128 Å². The van der Waals surface area contributed by atoms with Gasteiger partial charge in [-0.3, -0.25) is 0 Å². The average Bonchev–Trinajstić information content (AvgIpc) is 2.48. The van der Waals surface area contributed by atoms with Crippen LogP contribution in [0, 0.1) is 12.7 Å². The molecule has 21 heavy (non-hydrogen) atoms. The lowest BCUT2D eigenvalue weighted by Gasteiger charge is -2.17. The van der Waals surface area contributed by atoms with Gasteiger partial charge in [0.1, 0.15) is 11.6 Å². The molecule has 2 aromatic carbocycles. The third-order valence-corrected chi connectivity index (χ3v) is 3.47. The number of aliphatic hydroxyl groups is 1. The van der Waals surface area contributed by atoms with Crippen molar-refractivity contribution in [1.29, 1.82) is 0 Å². The number of anilines is 1. The molecule has 112 valence electrons. The van der Waals surface area contributed by atoms with E-state index in [4.69, 9.17) is 16.3 Å². The second kappa shape index (κ2) is 6.78. The normalized spacial score (nSPS) is 12.0. The molecular formula is C16H17ClFNO2. The molecule has 0 bridgehead atoms. The van der Waals surface area contributed by atoms with Crippen LogP contribution in [0.3, 0.4) is 0 Å². The van der Waals surface area contributed by atoms with E-state index < -0.39 is 11.9 Å². The van der Waals surface area contributed by atoms with Crippen LogP contribution in [0.5, 0.6) is 5.75 Å². The summed E-state index contributed by atoms with van der Waals surface area (Å²) in [6, 6.07) is 10.0. The van der Waals surface area contributed by atoms with Crippen LogP contribution >= 0.6 is 11.6 Å². The van der Waals surface area contributed by atoms with Crippen molar-refractivity contribution in [2.24, 2.45) is 0 Å². The Hall–Kier alpha value is -1.78. The van der Waals surface area contributed by atoms with Crippen molar-refractivity contribution in [1.82, 2.24) is 0 Å². The van der Waals surface area contributed by atoms with Gasteiger partial charge in [-0.15, -0.1) is 0 Å². The van der Waals surface area contributed by atoms with Gasteiger partial charge in [0, 0.05) is 17.8 Å². The van der Waals surface area contributed by atoms with Gasteiger partial charge in [0.15, 0.2) is 0 Å². The van der Waals surface area contributed by atoms with E-state index in [9.17, 15) is 9.50 Å². The minimum absolute atomic E-state index is 0.0708. The zero-order valence-corrected chi connectivity index (χ0v) is 12.6. The fraction of sp³-hybridized carbons (Fsp3) is 0.250. The van der Waals surface area contributed by atoms with Crippen LogP contribution in [0.25, 0.3) is 0 Å². The summed E-state index contributed by atoms with van der Waals surface area (Å²) < 4.78 is 18.6. The molecule has 1 unspecified atom stereocenters. The predicted molar refractivity (Wildman–Crippen MR) is 82.6 cm³/mol. The van der Waals surface area contributed by atoms with Crippen LogP contribution < -0.4 is 10.1 Å². The van der Waals surface area contributed by atoms with E-state index in [-0.39, 0.29) is 11.6 Å². The van der Waals surface area contributed by atoms with Gasteiger partial charge in [-0.05, 0) is 37.3 Å². The lowest BCUT2D eigenvalue weighted by molar-refractivity contribution is 0.187. The second-order valence-corrected chi connectivity index (χ2v) is 5.18. The van der Waals surface area contributed by atoms with Gasteiger partial charge >= 0.3 is 0 Å². The number of ether oxygens (including phenoxy) is 1. The summed E-state index contributed by atoms with van der Waals surface area (Å²) in [4.78, 5) is 0. The Balaban J connectivity index is 2.09. The van der Waals surface area contributed by atoms with Crippen LogP contribution in [0.2, 0.25) is 5.02 Å². The largest absolute Gasteiger partial charge is 0.496 e. The maximum Gasteiger partial charge on any atom is 0.143 e. The van der Waals surface area contributed by atoms with Crippen molar-refractivity contribution in [2.45, 2.75) is 13.0 Å². The molecule has 1 atom stereocenters. The van der Waals surface area contributed by atoms with E-state index in [1.807, 2.05) is 25.1 Å². The molecule has 0 fully saturated rings. The van der Waals surface area contributed by atoms with Crippen molar-refractivity contribution in [3.63, 3.8) is 0 Å². The number of aliphatic hydroxyl groups excluding tert-OH is 1. The Morgan fingerprint density at radius 1 is 1.29 bits per heavy atom. The van der Waals surface area contributed by atoms with Crippen LogP contribution in [0.4, 0.5) is 10.1 Å². The predicted octanol–water partition coefficient (Wildman–Crippen LogP) is 3.94. The minimum Gasteiger partial charge on any atom is -0.496 e. The maximum absolute atomic E-state index is 13.3. The van der Waals surface area contributed by atoms with Crippen molar-refractivity contribution in [2.75, 3.05) is 19.0 Å². The Morgan fingerprint density at radius 3 is 2.71 bits per heavy atom. The number of hydrogen-bond donors (Lipinski definition) is 2. The van der Waals surface area contributed by atoms with Gasteiger partial charge < -0.3 is 15.2 Å². The van der Waals surface area contributed by atoms with Gasteiger partial charge in [-0.1, -0.05) is 23.2 Å². The molecular weight excluding hydrogens is 293 g/mol. The summed E-state index contributed by atoms with van der Waals surface area (Å²) in [7, 11) is 1.56. The maximum atomic E-state index is 13.3. The Kier molecular flexibility index (Phi) is 5.04. The number of aryl methyl sites for hydroxylation is 1. The first-order chi connectivity index (χ1) is 10.0. The molecule has 0 amide bonds. The van der Waals surface area contributed by atoms with Gasteiger partial charge in [0.05, 0.1) is 18.2 Å². The van der Waals surface area contributed by atoms with Crippen LogP contribution in [-0.4, -0.2) is 18.8 Å². The molecule has 0 saturated carbocycles. The summed E-state index contributed by atoms with van der Waals surface area (Å²) in [6.07, 6.45) is -0.765. The zero-order valence-electron chi connectivity index (χ0n) is 11.9. The number of methoxy groups -OCH3 is 1. The highest BCUT2D eigenvalue weighted by Crippen LogP contribution is 2.27. The minimum atomic E-state index is -0.765. The summed E-state index contributed by atoms with van der Waals surface area (Å²) in [5.74, 6) is 0.126. The summed E-state index contributed by atoms with van der Waals surface area (Å²) in [5.41, 5.74) is 2.28. The number of nitrogens with one attached hydrogen (secondary N) is 1. The molecule has 0 aliphatic carbocycles. The standard InChI is InChI=1S/C16H17ClFNO2/c1-10-3-6-16(21-2)12(7-10)15(20)9-19-11-4-5-13(17)14(18)8-11/h3-8,15,19-20H,9H2,1-2H3. The van der Waals surface area contributed by atoms with E-state index >= 15 is 0 Å². The number of hydrogen-bond acceptors (Lipinski definition) is 3. The SMILES string of the molecule is COc1ccc(C)cc1C(O)CNc1ccc(Cl)c(F)c1. The Bertz CT molecular complexity index is 634. The van der Waals surface area contributed by atoms with Crippen molar-refractivity contribution in [3.05, 3.63) is 58.4 Å². The molecule has 2 rings (SSSR count). The third kappa shape index (κ3) is 3.86. The van der Waals surface area contributed by atoms with E-state index in [0.717, 1.165) is 5.56 Å². The molecule has 3 nitrogen and oxygen atoms in total. The van der Waals surface area contributed by atoms with Gasteiger partial charge in [-0.25, -0.2) is 4.39 Å². The molecule has 0 radical (unpaired) electrons. The highest BCUT2D eigenvalue weighted by molar-refractivity contribution is 6.30. The molecule has 0 heterocycles. The quantitative estimate of drug-likeness (QED) is 0.879. The zero-order chi connectivity index (χ0) is 15.4. The lowest BCUT2D eigenvalue weighted by atomic mass is 10.1. The van der Waals surface area contributed by atoms with E-state index in [1.54, 1.807) is 13.2 Å². The molecule has 0 aliphatic heterocycles. The summed E-state index contributed by atoms with van der Waals surface area (Å²) in [5, 5.41) is 13.3. The fourth-order valence-electron chi connectivity index (χ4n) is 2.04. The molecule has 5 heteroatoms. The van der Waals surface area contributed by atoms with Gasteiger partial charge in [0.25, 0.3) is 0 Å². The third-order valence-electron chi connectivity index (χ3n) is 3.16. The average molecular weight is 310 g/mol. The smallest absolute Gasteiger partial charge is 0.143 e. The number of halogens is 2. The lowest BCUT2D eigenvalue weighted by Crippen LogP contribution is -2.13. The molecule has 2 N–H and O–H groups in total. The van der Waals surface area contributed by atoms with Crippen LogP contribution in [0.15, 0.2) is 36.4 Å². The fourth-order valence-corrected chi connectivity index (χ4v) is 2.16. The molecule has 0 aromatic heterocycles. The monoisotopic (exact) mass is 309 g/mol. The highest BCUT2D eigenvalue weighted by Gasteiger charge is 2.13. The topological polar surface area (TPSA) is 41.5 Å². The summed E-state index contributed by atoms with van der Waals surface area (Å²) >= 11 is 5.63. The molecule has 0 saturated heterocycles. The van der Waals surface area contributed by atoms with E-state index in [2.05, 4.69) is 5.32 Å². The van der Waals surface area contributed by atoms with E-state index in [0.29, 0.717) is 17.0 Å². The Morgan fingerprint density at radius 2 is 2.05 bits per heavy atom. The first-order valence-electron chi connectivity index (χ1n) is 6.53. The second-order valence-electron chi connectivity index (χ2n) is 4.77. The summed E-state index contributed by atoms with van der Waals surface area (Å²) in [6.45, 7) is 2.18. The first-order valence-corrected chi connectivity index (χ1v) is 6.90. The number of benzene rings is 2. The van der Waals surface area contributed by atoms with Crippen LogP contribution in [-0.2, 0) is 0 Å². The van der Waals surface area contributed by atoms with Crippen molar-refractivity contribution < 1.29 is 14.2 Å². The van der Waals surface area contributed by atoms with Crippen molar-refractivity contribution >= 4 is 17.3 Å². The first kappa shape index (κ1) is 15.6.